The van der Waals surface area contributed by atoms with Gasteiger partial charge in [0.25, 0.3) is 0 Å². The van der Waals surface area contributed by atoms with Gasteiger partial charge < -0.3 is 9.80 Å². The summed E-state index contributed by atoms with van der Waals surface area (Å²) in [4.78, 5) is 25.7. The van der Waals surface area contributed by atoms with E-state index >= 15 is 0 Å². The molecule has 31 heavy (non-hydrogen) atoms. The normalized spacial score (nSPS) is 14.6. The first-order valence-corrected chi connectivity index (χ1v) is 11.5. The van der Waals surface area contributed by atoms with Crippen LogP contribution in [0.4, 0.5) is 5.82 Å². The van der Waals surface area contributed by atoms with Crippen LogP contribution in [0.5, 0.6) is 0 Å². The standard InChI is InChI=1S/C22H26Cl2N6O/c1-15(2)6-7-19-26-21(29-10-8-28(9-11-29)20(31)13-23)18-14-25-30(22(18)27-19)17-5-3-4-16(24)12-17/h3-5,12,14-15H,6-11,13H2,1-2H3. The molecule has 4 rings (SSSR count). The molecule has 1 saturated heterocycles. The van der Waals surface area contributed by atoms with Crippen LogP contribution in [0.2, 0.25) is 5.02 Å². The number of piperazine rings is 1. The average Bonchev–Trinajstić information content (AvgIpc) is 3.20. The van der Waals surface area contributed by atoms with Gasteiger partial charge in [0.1, 0.15) is 17.5 Å². The van der Waals surface area contributed by atoms with Crippen LogP contribution in [0.1, 0.15) is 26.1 Å². The van der Waals surface area contributed by atoms with E-state index in [0.717, 1.165) is 41.2 Å². The van der Waals surface area contributed by atoms with Crippen molar-refractivity contribution >= 4 is 46.0 Å². The molecule has 1 amide bonds. The average molecular weight is 461 g/mol. The molecule has 0 spiro atoms. The molecule has 3 heterocycles. The number of fused-ring (bicyclic) bond motifs is 1. The summed E-state index contributed by atoms with van der Waals surface area (Å²) in [6.07, 6.45) is 3.62. The number of alkyl halides is 1. The number of benzene rings is 1. The SMILES string of the molecule is CC(C)CCc1nc(N2CCN(C(=O)CCl)CC2)c2cnn(-c3cccc(Cl)c3)c2n1. The van der Waals surface area contributed by atoms with Crippen molar-refractivity contribution in [3.05, 3.63) is 41.3 Å². The van der Waals surface area contributed by atoms with Crippen LogP contribution >= 0.6 is 23.2 Å². The lowest BCUT2D eigenvalue weighted by molar-refractivity contribution is -0.128. The second-order valence-corrected chi connectivity index (χ2v) is 8.87. The number of carbonyl (C=O) groups excluding carboxylic acids is 1. The number of carbonyl (C=O) groups is 1. The van der Waals surface area contributed by atoms with Gasteiger partial charge in [0.05, 0.1) is 17.3 Å². The Labute approximate surface area is 192 Å². The molecule has 0 aliphatic carbocycles. The zero-order valence-electron chi connectivity index (χ0n) is 17.8. The van der Waals surface area contributed by atoms with Crippen molar-refractivity contribution in [1.29, 1.82) is 0 Å². The number of amides is 1. The fourth-order valence-electron chi connectivity index (χ4n) is 3.76. The highest BCUT2D eigenvalue weighted by molar-refractivity contribution is 6.30. The molecule has 0 unspecified atom stereocenters. The Bertz CT molecular complexity index is 1080. The number of hydrogen-bond acceptors (Lipinski definition) is 5. The second-order valence-electron chi connectivity index (χ2n) is 8.17. The maximum Gasteiger partial charge on any atom is 0.237 e. The van der Waals surface area contributed by atoms with Gasteiger partial charge in [-0.15, -0.1) is 11.6 Å². The molecule has 2 aromatic heterocycles. The lowest BCUT2D eigenvalue weighted by Crippen LogP contribution is -2.49. The quantitative estimate of drug-likeness (QED) is 0.521. The van der Waals surface area contributed by atoms with E-state index in [2.05, 4.69) is 23.8 Å². The van der Waals surface area contributed by atoms with Crippen molar-refractivity contribution in [3.63, 3.8) is 0 Å². The molecule has 3 aromatic rings. The summed E-state index contributed by atoms with van der Waals surface area (Å²) >= 11 is 11.9. The maximum absolute atomic E-state index is 11.9. The predicted octanol–water partition coefficient (Wildman–Crippen LogP) is 3.94. The third-order valence-corrected chi connectivity index (χ3v) is 5.96. The van der Waals surface area contributed by atoms with Crippen LogP contribution in [-0.2, 0) is 11.2 Å². The van der Waals surface area contributed by atoms with E-state index in [-0.39, 0.29) is 11.8 Å². The number of anilines is 1. The van der Waals surface area contributed by atoms with Gasteiger partial charge in [-0.25, -0.2) is 14.6 Å². The minimum atomic E-state index is -0.0273. The Morgan fingerprint density at radius 3 is 2.61 bits per heavy atom. The van der Waals surface area contributed by atoms with Crippen LogP contribution < -0.4 is 4.90 Å². The first-order valence-electron chi connectivity index (χ1n) is 10.6. The first kappa shape index (κ1) is 21.8. The molecule has 1 aliphatic rings. The van der Waals surface area contributed by atoms with Gasteiger partial charge in [0.15, 0.2) is 5.65 Å². The first-order chi connectivity index (χ1) is 15.0. The molecule has 1 aliphatic heterocycles. The van der Waals surface area contributed by atoms with Crippen molar-refractivity contribution in [2.75, 3.05) is 37.0 Å². The van der Waals surface area contributed by atoms with Crippen molar-refractivity contribution in [2.45, 2.75) is 26.7 Å². The van der Waals surface area contributed by atoms with Crippen LogP contribution in [0.15, 0.2) is 30.5 Å². The number of nitrogens with zero attached hydrogens (tertiary/aromatic N) is 6. The van der Waals surface area contributed by atoms with Gasteiger partial charge in [-0.2, -0.15) is 5.10 Å². The van der Waals surface area contributed by atoms with E-state index in [1.54, 1.807) is 4.90 Å². The molecule has 0 bridgehead atoms. The smallest absolute Gasteiger partial charge is 0.237 e. The minimum absolute atomic E-state index is 0.0174. The molecule has 9 heteroatoms. The highest BCUT2D eigenvalue weighted by atomic mass is 35.5. The largest absolute Gasteiger partial charge is 0.352 e. The molecular weight excluding hydrogens is 435 g/mol. The molecule has 0 atom stereocenters. The van der Waals surface area contributed by atoms with Crippen LogP contribution in [0.25, 0.3) is 16.7 Å². The van der Waals surface area contributed by atoms with Crippen molar-refractivity contribution in [3.8, 4) is 5.69 Å². The topological polar surface area (TPSA) is 67.2 Å². The van der Waals surface area contributed by atoms with Crippen molar-refractivity contribution in [2.24, 2.45) is 5.92 Å². The Hall–Kier alpha value is -2.38. The summed E-state index contributed by atoms with van der Waals surface area (Å²) in [7, 11) is 0. The number of halogens is 2. The third-order valence-electron chi connectivity index (χ3n) is 5.50. The van der Waals surface area contributed by atoms with Gasteiger partial charge in [0.2, 0.25) is 5.91 Å². The zero-order chi connectivity index (χ0) is 22.0. The van der Waals surface area contributed by atoms with E-state index in [1.165, 1.54) is 0 Å². The molecule has 0 radical (unpaired) electrons. The minimum Gasteiger partial charge on any atom is -0.352 e. The van der Waals surface area contributed by atoms with E-state index in [0.29, 0.717) is 37.1 Å². The van der Waals surface area contributed by atoms with Gasteiger partial charge >= 0.3 is 0 Å². The van der Waals surface area contributed by atoms with Gasteiger partial charge in [-0.3, -0.25) is 4.79 Å². The van der Waals surface area contributed by atoms with E-state index in [1.807, 2.05) is 35.1 Å². The number of aromatic nitrogens is 4. The van der Waals surface area contributed by atoms with Crippen LogP contribution in [0, 0.1) is 5.92 Å². The zero-order valence-corrected chi connectivity index (χ0v) is 19.3. The Balaban J connectivity index is 1.73. The molecular formula is C22H26Cl2N6O. The number of rotatable bonds is 6. The van der Waals surface area contributed by atoms with Crippen LogP contribution in [0.3, 0.4) is 0 Å². The molecule has 0 N–H and O–H groups in total. The van der Waals surface area contributed by atoms with E-state index in [4.69, 9.17) is 33.2 Å². The summed E-state index contributed by atoms with van der Waals surface area (Å²) in [6.45, 7) is 7.04. The molecule has 164 valence electrons. The van der Waals surface area contributed by atoms with Gasteiger partial charge in [-0.1, -0.05) is 31.5 Å². The summed E-state index contributed by atoms with van der Waals surface area (Å²) in [6, 6.07) is 7.58. The monoisotopic (exact) mass is 460 g/mol. The number of aryl methyl sites for hydroxylation is 1. The van der Waals surface area contributed by atoms with Crippen molar-refractivity contribution in [1.82, 2.24) is 24.6 Å². The number of hydrogen-bond donors (Lipinski definition) is 0. The predicted molar refractivity (Wildman–Crippen MR) is 124 cm³/mol. The highest BCUT2D eigenvalue weighted by Crippen LogP contribution is 2.28. The van der Waals surface area contributed by atoms with E-state index in [9.17, 15) is 4.79 Å². The summed E-state index contributed by atoms with van der Waals surface area (Å²) < 4.78 is 1.82. The van der Waals surface area contributed by atoms with Crippen molar-refractivity contribution < 1.29 is 4.79 Å². The Kier molecular flexibility index (Phi) is 6.62. The summed E-state index contributed by atoms with van der Waals surface area (Å²) in [5.41, 5.74) is 1.63. The summed E-state index contributed by atoms with van der Waals surface area (Å²) in [5.74, 6) is 2.23. The second kappa shape index (κ2) is 9.40. The molecule has 1 fully saturated rings. The Morgan fingerprint density at radius 2 is 1.94 bits per heavy atom. The van der Waals surface area contributed by atoms with E-state index < -0.39 is 0 Å². The fraction of sp³-hybridized carbons (Fsp3) is 0.455. The lowest BCUT2D eigenvalue weighted by atomic mass is 10.1. The Morgan fingerprint density at radius 1 is 1.16 bits per heavy atom. The molecule has 1 aromatic carbocycles. The highest BCUT2D eigenvalue weighted by Gasteiger charge is 2.24. The van der Waals surface area contributed by atoms with Gasteiger partial charge in [-0.05, 0) is 30.5 Å². The summed E-state index contributed by atoms with van der Waals surface area (Å²) in [5, 5.41) is 6.14. The van der Waals surface area contributed by atoms with Gasteiger partial charge in [0, 0.05) is 37.6 Å². The lowest BCUT2D eigenvalue weighted by Gasteiger charge is -2.35. The molecule has 7 nitrogen and oxygen atoms in total. The fourth-order valence-corrected chi connectivity index (χ4v) is 4.11. The maximum atomic E-state index is 11.9. The third kappa shape index (κ3) is 4.77. The van der Waals surface area contributed by atoms with Crippen LogP contribution in [-0.4, -0.2) is 62.6 Å². The molecule has 0 saturated carbocycles.